The normalized spacial score (nSPS) is 11.0. The van der Waals surface area contributed by atoms with Crippen LogP contribution in [0.2, 0.25) is 0 Å². The number of amides is 1. The summed E-state index contributed by atoms with van der Waals surface area (Å²) in [6.07, 6.45) is 3.36. The van der Waals surface area contributed by atoms with Crippen molar-refractivity contribution in [3.8, 4) is 22.8 Å². The van der Waals surface area contributed by atoms with Crippen molar-refractivity contribution in [1.29, 1.82) is 0 Å². The van der Waals surface area contributed by atoms with Crippen LogP contribution in [0.5, 0.6) is 11.5 Å². The van der Waals surface area contributed by atoms with Gasteiger partial charge in [-0.2, -0.15) is 10.2 Å². The molecule has 0 saturated heterocycles. The quantitative estimate of drug-likeness (QED) is 0.274. The fourth-order valence-electron chi connectivity index (χ4n) is 3.72. The van der Waals surface area contributed by atoms with Crippen LogP contribution in [-0.4, -0.2) is 35.2 Å². The number of non-ortho nitro benzene ring substituents is 1. The average molecular weight is 483 g/mol. The van der Waals surface area contributed by atoms with Gasteiger partial charge >= 0.3 is 0 Å². The van der Waals surface area contributed by atoms with Crippen molar-refractivity contribution in [2.45, 2.75) is 13.8 Å². The Labute approximate surface area is 205 Å². The smallest absolute Gasteiger partial charge is 0.276 e. The third-order valence-electron chi connectivity index (χ3n) is 5.72. The summed E-state index contributed by atoms with van der Waals surface area (Å²) in [5.41, 5.74) is 4.13. The van der Waals surface area contributed by atoms with E-state index in [0.717, 1.165) is 22.5 Å². The van der Waals surface area contributed by atoms with Crippen molar-refractivity contribution >= 4 is 22.9 Å². The van der Waals surface area contributed by atoms with Gasteiger partial charge in [-0.25, -0.2) is 9.50 Å². The van der Waals surface area contributed by atoms with E-state index >= 15 is 0 Å². The first-order valence-electron chi connectivity index (χ1n) is 11.0. The van der Waals surface area contributed by atoms with Gasteiger partial charge in [0, 0.05) is 42.7 Å². The molecule has 36 heavy (non-hydrogen) atoms. The van der Waals surface area contributed by atoms with Crippen LogP contribution in [0.1, 0.15) is 21.7 Å². The highest BCUT2D eigenvalue weighted by atomic mass is 16.6. The number of hydrogen-bond donors (Lipinski definition) is 1. The number of carbonyl (C=O) groups excluding carboxylic acids is 1. The van der Waals surface area contributed by atoms with E-state index < -0.39 is 10.8 Å². The number of aryl methyl sites for hydroxylation is 2. The topological polar surface area (TPSA) is 129 Å². The predicted molar refractivity (Wildman–Crippen MR) is 132 cm³/mol. The first-order valence-corrected chi connectivity index (χ1v) is 11.0. The number of anilines is 1. The second kappa shape index (κ2) is 8.95. The molecule has 5 rings (SSSR count). The van der Waals surface area contributed by atoms with E-state index in [9.17, 15) is 14.9 Å². The lowest BCUT2D eigenvalue weighted by Gasteiger charge is -2.09. The zero-order valence-corrected chi connectivity index (χ0v) is 19.7. The predicted octanol–water partition coefficient (Wildman–Crippen LogP) is 4.70. The maximum Gasteiger partial charge on any atom is 0.276 e. The molecule has 3 heterocycles. The van der Waals surface area contributed by atoms with Gasteiger partial charge in [0.1, 0.15) is 11.5 Å². The molecular formula is C25H21N7O4. The summed E-state index contributed by atoms with van der Waals surface area (Å²) >= 11 is 0. The van der Waals surface area contributed by atoms with E-state index in [1.54, 1.807) is 45.9 Å². The summed E-state index contributed by atoms with van der Waals surface area (Å²) in [6.45, 7) is 3.88. The van der Waals surface area contributed by atoms with Crippen LogP contribution in [0.15, 0.2) is 67.0 Å². The number of hydrogen-bond acceptors (Lipinski definition) is 7. The van der Waals surface area contributed by atoms with Gasteiger partial charge in [-0.3, -0.25) is 19.6 Å². The molecule has 0 atom stereocenters. The maximum absolute atomic E-state index is 13.0. The summed E-state index contributed by atoms with van der Waals surface area (Å²) in [7, 11) is 1.84. The second-order valence-corrected chi connectivity index (χ2v) is 8.24. The third-order valence-corrected chi connectivity index (χ3v) is 5.72. The lowest BCUT2D eigenvalue weighted by Crippen LogP contribution is -2.13. The molecule has 0 unspecified atom stereocenters. The summed E-state index contributed by atoms with van der Waals surface area (Å²) < 4.78 is 9.10. The molecule has 0 radical (unpaired) electrons. The van der Waals surface area contributed by atoms with E-state index in [1.807, 2.05) is 33.0 Å². The van der Waals surface area contributed by atoms with Gasteiger partial charge in [0.25, 0.3) is 11.6 Å². The third kappa shape index (κ3) is 4.37. The van der Waals surface area contributed by atoms with E-state index in [4.69, 9.17) is 4.74 Å². The second-order valence-electron chi connectivity index (χ2n) is 8.24. The number of ether oxygens (including phenoxy) is 1. The van der Waals surface area contributed by atoms with Crippen molar-refractivity contribution in [3.63, 3.8) is 0 Å². The Hall–Kier alpha value is -5.06. The van der Waals surface area contributed by atoms with Crippen molar-refractivity contribution in [1.82, 2.24) is 24.4 Å². The van der Waals surface area contributed by atoms with Crippen LogP contribution in [0.3, 0.4) is 0 Å². The Kier molecular flexibility index (Phi) is 5.65. The number of benzene rings is 2. The number of aromatic nitrogens is 5. The molecule has 1 amide bonds. The number of nitro benzene ring substituents is 1. The Bertz CT molecular complexity index is 1620. The molecule has 0 bridgehead atoms. The first-order chi connectivity index (χ1) is 17.3. The van der Waals surface area contributed by atoms with Crippen molar-refractivity contribution in [2.24, 2.45) is 7.05 Å². The van der Waals surface area contributed by atoms with Crippen LogP contribution in [0, 0.1) is 24.0 Å². The van der Waals surface area contributed by atoms with E-state index in [2.05, 4.69) is 20.5 Å². The van der Waals surface area contributed by atoms with E-state index in [0.29, 0.717) is 11.4 Å². The molecule has 3 aromatic heterocycles. The Morgan fingerprint density at radius 3 is 2.53 bits per heavy atom. The Balaban J connectivity index is 1.45. The summed E-state index contributed by atoms with van der Waals surface area (Å²) in [4.78, 5) is 28.3. The van der Waals surface area contributed by atoms with Gasteiger partial charge in [0.2, 0.25) is 0 Å². The molecule has 0 aliphatic rings. The lowest BCUT2D eigenvalue weighted by molar-refractivity contribution is -0.384. The van der Waals surface area contributed by atoms with Gasteiger partial charge in [0.05, 0.1) is 28.6 Å². The monoisotopic (exact) mass is 483 g/mol. The van der Waals surface area contributed by atoms with Gasteiger partial charge in [-0.15, -0.1) is 0 Å². The highest BCUT2D eigenvalue weighted by Crippen LogP contribution is 2.30. The molecule has 0 aliphatic heterocycles. The number of nitro groups is 1. The minimum Gasteiger partial charge on any atom is -0.457 e. The van der Waals surface area contributed by atoms with Crippen LogP contribution < -0.4 is 10.1 Å². The van der Waals surface area contributed by atoms with Crippen LogP contribution in [0.4, 0.5) is 11.4 Å². The Morgan fingerprint density at radius 1 is 1.06 bits per heavy atom. The average Bonchev–Trinajstić information content (AvgIpc) is 3.44. The standard InChI is InChI=1S/C25H21N7O4/c1-15-4-6-19(7-5-15)36-20-11-17(10-18(12-20)32(34)35)28-25(33)22-13-24-26-9-8-23(31(24)29-22)21-14-27-30(3)16(21)2/h4-14H,1-3H3,(H,28,33). The molecule has 180 valence electrons. The number of nitrogens with zero attached hydrogens (tertiary/aromatic N) is 6. The largest absolute Gasteiger partial charge is 0.457 e. The van der Waals surface area contributed by atoms with E-state index in [1.165, 1.54) is 18.2 Å². The fraction of sp³-hybridized carbons (Fsp3) is 0.120. The highest BCUT2D eigenvalue weighted by molar-refractivity contribution is 6.03. The van der Waals surface area contributed by atoms with Crippen molar-refractivity contribution in [3.05, 3.63) is 94.1 Å². The molecule has 0 fully saturated rings. The minimum atomic E-state index is -0.547. The Morgan fingerprint density at radius 2 is 1.83 bits per heavy atom. The molecular weight excluding hydrogens is 462 g/mol. The summed E-state index contributed by atoms with van der Waals surface area (Å²) in [6, 6.07) is 14.7. The molecule has 0 spiro atoms. The van der Waals surface area contributed by atoms with Crippen LogP contribution >= 0.6 is 0 Å². The minimum absolute atomic E-state index is 0.101. The first kappa shape index (κ1) is 22.7. The van der Waals surface area contributed by atoms with Gasteiger partial charge in [0.15, 0.2) is 11.3 Å². The van der Waals surface area contributed by atoms with Crippen molar-refractivity contribution in [2.75, 3.05) is 5.32 Å². The number of fused-ring (bicyclic) bond motifs is 1. The van der Waals surface area contributed by atoms with Crippen molar-refractivity contribution < 1.29 is 14.5 Å². The number of rotatable bonds is 6. The van der Waals surface area contributed by atoms with Gasteiger partial charge < -0.3 is 10.1 Å². The summed E-state index contributed by atoms with van der Waals surface area (Å²) in [5, 5.41) is 22.9. The lowest BCUT2D eigenvalue weighted by atomic mass is 10.2. The van der Waals surface area contributed by atoms with Gasteiger partial charge in [-0.1, -0.05) is 17.7 Å². The molecule has 11 nitrogen and oxygen atoms in total. The summed E-state index contributed by atoms with van der Waals surface area (Å²) in [5.74, 6) is 0.188. The molecule has 0 saturated carbocycles. The van der Waals surface area contributed by atoms with Gasteiger partial charge in [-0.05, 0) is 32.0 Å². The van der Waals surface area contributed by atoms with Crippen LogP contribution in [0.25, 0.3) is 16.9 Å². The SMILES string of the molecule is Cc1ccc(Oc2cc(NC(=O)c3cc4nccc(-c5cnn(C)c5C)n4n3)cc([N+](=O)[O-])c2)cc1. The zero-order valence-electron chi connectivity index (χ0n) is 19.7. The molecule has 1 N–H and O–H groups in total. The molecule has 0 aliphatic carbocycles. The maximum atomic E-state index is 13.0. The fourth-order valence-corrected chi connectivity index (χ4v) is 3.72. The molecule has 11 heteroatoms. The molecule has 2 aromatic carbocycles. The number of carbonyl (C=O) groups is 1. The van der Waals surface area contributed by atoms with E-state index in [-0.39, 0.29) is 22.8 Å². The highest BCUT2D eigenvalue weighted by Gasteiger charge is 2.18. The zero-order chi connectivity index (χ0) is 25.4. The molecule has 5 aromatic rings. The van der Waals surface area contributed by atoms with Crippen LogP contribution in [-0.2, 0) is 7.05 Å². The number of nitrogens with one attached hydrogen (secondary N) is 1.